The summed E-state index contributed by atoms with van der Waals surface area (Å²) in [6.45, 7) is 2.11. The van der Waals surface area contributed by atoms with Gasteiger partial charge in [0.2, 0.25) is 0 Å². The molecule has 0 saturated carbocycles. The van der Waals surface area contributed by atoms with Gasteiger partial charge in [0.25, 0.3) is 0 Å². The van der Waals surface area contributed by atoms with E-state index in [-0.39, 0.29) is 12.8 Å². The Balaban J connectivity index is 3.93. The van der Waals surface area contributed by atoms with Crippen molar-refractivity contribution in [3.63, 3.8) is 0 Å². The van der Waals surface area contributed by atoms with Gasteiger partial charge in [-0.3, -0.25) is 4.79 Å². The molecule has 1 unspecified atom stereocenters. The number of rotatable bonds is 7. The van der Waals surface area contributed by atoms with Crippen molar-refractivity contribution in [3.8, 4) is 6.07 Å². The number of nitrogens with zero attached hydrogens (tertiary/aromatic N) is 1. The summed E-state index contributed by atoms with van der Waals surface area (Å²) in [5.74, 6) is -0.325. The highest BCUT2D eigenvalue weighted by Crippen LogP contribution is 2.29. The molecule has 0 radical (unpaired) electrons. The molecule has 1 atom stereocenters. The number of nitriles is 1. The largest absolute Gasteiger partial charge is 0.481 e. The molecule has 6 heteroatoms. The molecule has 0 spiro atoms. The summed E-state index contributed by atoms with van der Waals surface area (Å²) in [6.07, 6.45) is 0.247. The second kappa shape index (κ2) is 6.98. The van der Waals surface area contributed by atoms with E-state index in [1.165, 1.54) is 0 Å². The molecule has 0 amide bonds. The Morgan fingerprint density at radius 3 is 2.86 bits per heavy atom. The zero-order valence-electron chi connectivity index (χ0n) is 7.89. The molecule has 80 valence electrons. The molecule has 0 rings (SSSR count). The molecule has 0 fully saturated rings. The van der Waals surface area contributed by atoms with Gasteiger partial charge in [0.05, 0.1) is 12.7 Å². The Morgan fingerprint density at radius 2 is 2.43 bits per heavy atom. The summed E-state index contributed by atoms with van der Waals surface area (Å²) in [4.78, 5) is 10.3. The van der Waals surface area contributed by atoms with Crippen molar-refractivity contribution >= 4 is 30.6 Å². The molecule has 0 heterocycles. The van der Waals surface area contributed by atoms with E-state index in [9.17, 15) is 4.79 Å². The number of thiol groups is 1. The molecule has 0 aromatic heterocycles. The highest BCUT2D eigenvalue weighted by atomic mass is 32.2. The van der Waals surface area contributed by atoms with Gasteiger partial charge in [-0.05, 0) is 13.3 Å². The normalized spacial score (nSPS) is 14.4. The van der Waals surface area contributed by atoms with Gasteiger partial charge in [-0.25, -0.2) is 0 Å². The molecular formula is C8H13NO3S2. The van der Waals surface area contributed by atoms with Gasteiger partial charge in [0.1, 0.15) is 4.75 Å². The first-order valence-electron chi connectivity index (χ1n) is 4.08. The van der Waals surface area contributed by atoms with E-state index in [0.717, 1.165) is 12.0 Å². The zero-order valence-corrected chi connectivity index (χ0v) is 9.61. The van der Waals surface area contributed by atoms with Crippen molar-refractivity contribution in [2.45, 2.75) is 24.5 Å². The van der Waals surface area contributed by atoms with Gasteiger partial charge in [-0.2, -0.15) is 17.9 Å². The molecule has 4 nitrogen and oxygen atoms in total. The number of carbonyl (C=O) groups is 1. The Hall–Kier alpha value is -0.380. The maximum atomic E-state index is 10.3. The van der Waals surface area contributed by atoms with Crippen LogP contribution < -0.4 is 0 Å². The molecule has 0 aliphatic rings. The minimum absolute atomic E-state index is 0.0265. The van der Waals surface area contributed by atoms with E-state index in [1.54, 1.807) is 6.92 Å². The van der Waals surface area contributed by atoms with Gasteiger partial charge in [0, 0.05) is 24.2 Å². The van der Waals surface area contributed by atoms with Crippen LogP contribution in [0.5, 0.6) is 0 Å². The van der Waals surface area contributed by atoms with Crippen LogP contribution in [0.25, 0.3) is 0 Å². The second-order valence-electron chi connectivity index (χ2n) is 2.87. The lowest BCUT2D eigenvalue weighted by atomic mass is 10.1. The zero-order chi connectivity index (χ0) is 11.0. The van der Waals surface area contributed by atoms with Gasteiger partial charge in [0.15, 0.2) is 0 Å². The first kappa shape index (κ1) is 13.6. The fraction of sp³-hybridized carbons (Fsp3) is 0.750. The van der Waals surface area contributed by atoms with Crippen molar-refractivity contribution in [2.24, 2.45) is 0 Å². The van der Waals surface area contributed by atoms with Crippen LogP contribution in [-0.2, 0) is 8.98 Å². The third-order valence-corrected chi connectivity index (χ3v) is 2.60. The number of hydrogen-bond acceptors (Lipinski definition) is 5. The number of carboxylic acid groups (broad SMARTS) is 1. The Labute approximate surface area is 93.2 Å². The molecular weight excluding hydrogens is 222 g/mol. The summed E-state index contributed by atoms with van der Waals surface area (Å²) in [7, 11) is 0. The molecule has 1 N–H and O–H groups in total. The Bertz CT molecular complexity index is 229. The van der Waals surface area contributed by atoms with E-state index in [0.29, 0.717) is 12.4 Å². The predicted molar refractivity (Wildman–Crippen MR) is 58.3 cm³/mol. The maximum Gasteiger partial charge on any atom is 0.303 e. The van der Waals surface area contributed by atoms with E-state index in [2.05, 4.69) is 12.6 Å². The summed E-state index contributed by atoms with van der Waals surface area (Å²) in [5, 5.41) is 17.3. The van der Waals surface area contributed by atoms with Gasteiger partial charge in [-0.15, -0.1) is 0 Å². The van der Waals surface area contributed by atoms with E-state index in [4.69, 9.17) is 14.6 Å². The smallest absolute Gasteiger partial charge is 0.303 e. The average Bonchev–Trinajstić information content (AvgIpc) is 2.15. The highest BCUT2D eigenvalue weighted by molar-refractivity contribution is 7.96. The van der Waals surface area contributed by atoms with E-state index < -0.39 is 10.7 Å². The van der Waals surface area contributed by atoms with Crippen molar-refractivity contribution in [3.05, 3.63) is 0 Å². The summed E-state index contributed by atoms with van der Waals surface area (Å²) in [6, 6.07) is 2.04. The third-order valence-electron chi connectivity index (χ3n) is 1.47. The lowest BCUT2D eigenvalue weighted by Gasteiger charge is -2.18. The topological polar surface area (TPSA) is 70.3 Å². The summed E-state index contributed by atoms with van der Waals surface area (Å²) < 4.78 is 4.31. The van der Waals surface area contributed by atoms with Gasteiger partial charge in [-0.1, -0.05) is 0 Å². The third kappa shape index (κ3) is 6.13. The van der Waals surface area contributed by atoms with Crippen LogP contribution in [0.4, 0.5) is 0 Å². The quantitative estimate of drug-likeness (QED) is 0.399. The van der Waals surface area contributed by atoms with Crippen LogP contribution >= 0.6 is 24.7 Å². The van der Waals surface area contributed by atoms with Gasteiger partial charge < -0.3 is 9.29 Å². The van der Waals surface area contributed by atoms with Crippen LogP contribution in [0, 0.1) is 11.3 Å². The average molecular weight is 235 g/mol. The minimum atomic E-state index is -0.902. The van der Waals surface area contributed by atoms with Crippen LogP contribution in [0.2, 0.25) is 0 Å². The number of carboxylic acids is 1. The fourth-order valence-electron chi connectivity index (χ4n) is 0.671. The Kier molecular flexibility index (Phi) is 6.79. The van der Waals surface area contributed by atoms with Crippen LogP contribution in [0.3, 0.4) is 0 Å². The number of hydrogen-bond donors (Lipinski definition) is 2. The molecule has 0 aliphatic carbocycles. The first-order valence-corrected chi connectivity index (χ1v) is 5.46. The lowest BCUT2D eigenvalue weighted by Crippen LogP contribution is -2.19. The molecule has 0 aliphatic heterocycles. The van der Waals surface area contributed by atoms with Crippen LogP contribution in [0.15, 0.2) is 0 Å². The van der Waals surface area contributed by atoms with Crippen molar-refractivity contribution in [1.82, 2.24) is 0 Å². The predicted octanol–water partition coefficient (Wildman–Crippen LogP) is 1.73. The van der Waals surface area contributed by atoms with Crippen LogP contribution in [0.1, 0.15) is 19.8 Å². The molecule has 14 heavy (non-hydrogen) atoms. The monoisotopic (exact) mass is 235 g/mol. The first-order chi connectivity index (χ1) is 6.54. The molecule has 0 saturated heterocycles. The van der Waals surface area contributed by atoms with Crippen molar-refractivity contribution in [2.75, 3.05) is 12.4 Å². The van der Waals surface area contributed by atoms with Crippen molar-refractivity contribution in [1.29, 1.82) is 5.26 Å². The van der Waals surface area contributed by atoms with Crippen LogP contribution in [-0.4, -0.2) is 28.2 Å². The fourth-order valence-corrected chi connectivity index (χ4v) is 1.53. The Morgan fingerprint density at radius 1 is 1.79 bits per heavy atom. The molecule has 0 aromatic carbocycles. The second-order valence-corrected chi connectivity index (χ2v) is 4.62. The van der Waals surface area contributed by atoms with Crippen molar-refractivity contribution < 1.29 is 14.1 Å². The van der Waals surface area contributed by atoms with E-state index in [1.807, 2.05) is 6.07 Å². The summed E-state index contributed by atoms with van der Waals surface area (Å²) in [5.41, 5.74) is 0. The van der Waals surface area contributed by atoms with E-state index >= 15 is 0 Å². The molecule has 0 bridgehead atoms. The lowest BCUT2D eigenvalue weighted by molar-refractivity contribution is -0.137. The standard InChI is InChI=1S/C8H13NO3S2/c1-8(6-9,3-2-7(10)11)14-12-4-5-13/h13H,2-5H2,1H3,(H,10,11). The SMILES string of the molecule is CC(C#N)(CCC(=O)O)SOCCS. The molecule has 0 aromatic rings. The highest BCUT2D eigenvalue weighted by Gasteiger charge is 2.26. The number of aliphatic carboxylic acids is 1. The van der Waals surface area contributed by atoms with Gasteiger partial charge >= 0.3 is 5.97 Å². The summed E-state index contributed by atoms with van der Waals surface area (Å²) >= 11 is 4.97. The minimum Gasteiger partial charge on any atom is -0.481 e. The maximum absolute atomic E-state index is 10.3.